The maximum absolute atomic E-state index is 15.5. The number of sulfonamides is 1. The van der Waals surface area contributed by atoms with Crippen molar-refractivity contribution in [3.8, 4) is 17.1 Å². The lowest BCUT2D eigenvalue weighted by atomic mass is 10.1. The van der Waals surface area contributed by atoms with Gasteiger partial charge < -0.3 is 14.5 Å². The van der Waals surface area contributed by atoms with Gasteiger partial charge >= 0.3 is 0 Å². The summed E-state index contributed by atoms with van der Waals surface area (Å²) in [5, 5.41) is 2.76. The number of carbonyl (C=O) groups is 1. The lowest BCUT2D eigenvalue weighted by Crippen LogP contribution is -2.27. The van der Waals surface area contributed by atoms with Crippen LogP contribution in [-0.2, 0) is 10.0 Å². The Morgan fingerprint density at radius 3 is 2.65 bits per heavy atom. The van der Waals surface area contributed by atoms with Crippen LogP contribution in [0.25, 0.3) is 16.8 Å². The number of benzene rings is 1. The summed E-state index contributed by atoms with van der Waals surface area (Å²) in [6, 6.07) is 2.92. The average molecular weight is 551 g/mol. The highest BCUT2D eigenvalue weighted by Crippen LogP contribution is 2.32. The molecule has 194 valence electrons. The first-order valence-electron chi connectivity index (χ1n) is 10.8. The molecule has 3 aromatic heterocycles. The Bertz CT molecular complexity index is 1610. The summed E-state index contributed by atoms with van der Waals surface area (Å²) in [6.45, 7) is 4.33. The van der Waals surface area contributed by atoms with E-state index >= 15 is 4.39 Å². The van der Waals surface area contributed by atoms with Crippen LogP contribution in [0.2, 0.25) is 5.02 Å². The number of nitrogens with one attached hydrogen (secondary N) is 2. The molecule has 0 aliphatic rings. The van der Waals surface area contributed by atoms with Crippen molar-refractivity contribution in [2.75, 3.05) is 18.4 Å². The van der Waals surface area contributed by atoms with Crippen LogP contribution >= 0.6 is 11.6 Å². The molecule has 37 heavy (non-hydrogen) atoms. The molecule has 0 aliphatic carbocycles. The van der Waals surface area contributed by atoms with Gasteiger partial charge in [-0.25, -0.2) is 27.2 Å². The maximum Gasteiger partial charge on any atom is 0.272 e. The fourth-order valence-electron chi connectivity index (χ4n) is 3.40. The van der Waals surface area contributed by atoms with E-state index in [-0.39, 0.29) is 28.2 Å². The van der Waals surface area contributed by atoms with Crippen LogP contribution < -0.4 is 14.8 Å². The Labute approximate surface area is 215 Å². The predicted octanol–water partition coefficient (Wildman–Crippen LogP) is 3.92. The van der Waals surface area contributed by atoms with E-state index in [4.69, 9.17) is 16.3 Å². The highest BCUT2D eigenvalue weighted by molar-refractivity contribution is 7.92. The number of halogens is 3. The van der Waals surface area contributed by atoms with E-state index in [1.54, 1.807) is 0 Å². The molecule has 0 bridgehead atoms. The first-order valence-corrected chi connectivity index (χ1v) is 12.7. The van der Waals surface area contributed by atoms with Gasteiger partial charge in [0.2, 0.25) is 5.88 Å². The Morgan fingerprint density at radius 1 is 1.19 bits per heavy atom. The van der Waals surface area contributed by atoms with Crippen molar-refractivity contribution in [3.05, 3.63) is 65.5 Å². The zero-order chi connectivity index (χ0) is 26.9. The van der Waals surface area contributed by atoms with Gasteiger partial charge in [0.15, 0.2) is 16.4 Å². The van der Waals surface area contributed by atoms with Gasteiger partial charge in [0.25, 0.3) is 15.9 Å². The number of pyridine rings is 1. The molecule has 0 spiro atoms. The summed E-state index contributed by atoms with van der Waals surface area (Å²) < 4.78 is 64.5. The van der Waals surface area contributed by atoms with E-state index in [1.165, 1.54) is 36.4 Å². The van der Waals surface area contributed by atoms with Crippen molar-refractivity contribution in [2.45, 2.75) is 18.7 Å². The highest BCUT2D eigenvalue weighted by Gasteiger charge is 2.25. The van der Waals surface area contributed by atoms with Gasteiger partial charge in [0, 0.05) is 18.9 Å². The molecule has 0 radical (unpaired) electrons. The maximum atomic E-state index is 15.5. The standard InChI is InChI=1S/C23H21ClF2N6O4S/c1-12(2)7-28-22(33)21-17-9-27-16(10-32(17)11-30-21)19-14(25)4-5-15(20(19)26)31-37(34,35)18-6-13(24)8-29-23(18)36-3/h4-6,8-12,31H,7H2,1-3H3,(H,28,33). The Kier molecular flexibility index (Phi) is 7.28. The molecule has 0 fully saturated rings. The minimum absolute atomic E-state index is 0.0107. The number of ether oxygens (including phenoxy) is 1. The SMILES string of the molecule is COc1ncc(Cl)cc1S(=O)(=O)Nc1ccc(F)c(-c2cn3cnc(C(=O)NCC(C)C)c3cn2)c1F. The van der Waals surface area contributed by atoms with E-state index < -0.39 is 43.7 Å². The van der Waals surface area contributed by atoms with Crippen LogP contribution in [0.15, 0.2) is 48.0 Å². The first-order chi connectivity index (χ1) is 17.5. The zero-order valence-corrected chi connectivity index (χ0v) is 21.4. The van der Waals surface area contributed by atoms with E-state index in [2.05, 4.69) is 25.0 Å². The van der Waals surface area contributed by atoms with Gasteiger partial charge in [-0.2, -0.15) is 0 Å². The summed E-state index contributed by atoms with van der Waals surface area (Å²) >= 11 is 5.87. The van der Waals surface area contributed by atoms with Crippen LogP contribution in [0.1, 0.15) is 24.3 Å². The Morgan fingerprint density at radius 2 is 1.95 bits per heavy atom. The number of rotatable bonds is 8. The number of aromatic nitrogens is 4. The summed E-state index contributed by atoms with van der Waals surface area (Å²) in [5.41, 5.74) is -0.857. The topological polar surface area (TPSA) is 128 Å². The molecule has 3 heterocycles. The van der Waals surface area contributed by atoms with Gasteiger partial charge in [-0.05, 0) is 24.1 Å². The van der Waals surface area contributed by atoms with E-state index in [1.807, 2.05) is 13.8 Å². The van der Waals surface area contributed by atoms with Crippen LogP contribution in [0, 0.1) is 17.6 Å². The average Bonchev–Trinajstić information content (AvgIpc) is 3.28. The molecule has 0 saturated carbocycles. The first kappa shape index (κ1) is 26.2. The van der Waals surface area contributed by atoms with Gasteiger partial charge in [0.05, 0.1) is 40.8 Å². The molecule has 10 nitrogen and oxygen atoms in total. The molecular formula is C23H21ClF2N6O4S. The molecule has 0 aliphatic heterocycles. The fourth-order valence-corrected chi connectivity index (χ4v) is 4.83. The van der Waals surface area contributed by atoms with E-state index in [9.17, 15) is 17.6 Å². The lowest BCUT2D eigenvalue weighted by molar-refractivity contribution is 0.0946. The number of fused-ring (bicyclic) bond motifs is 1. The van der Waals surface area contributed by atoms with Gasteiger partial charge in [0.1, 0.15) is 12.1 Å². The monoisotopic (exact) mass is 550 g/mol. The second-order valence-corrected chi connectivity index (χ2v) is 10.4. The molecule has 0 unspecified atom stereocenters. The molecule has 4 rings (SSSR count). The van der Waals surface area contributed by atoms with Crippen LogP contribution in [0.4, 0.5) is 14.5 Å². The third-order valence-corrected chi connectivity index (χ3v) is 6.73. The summed E-state index contributed by atoms with van der Waals surface area (Å²) in [4.78, 5) is 24.0. The minimum Gasteiger partial charge on any atom is -0.480 e. The number of nitrogens with zero attached hydrogens (tertiary/aromatic N) is 4. The number of methoxy groups -OCH3 is 1. The minimum atomic E-state index is -4.43. The molecule has 14 heteroatoms. The zero-order valence-electron chi connectivity index (χ0n) is 19.8. The predicted molar refractivity (Wildman–Crippen MR) is 132 cm³/mol. The third-order valence-electron chi connectivity index (χ3n) is 5.16. The molecule has 4 aromatic rings. The highest BCUT2D eigenvalue weighted by atomic mass is 35.5. The van der Waals surface area contributed by atoms with Crippen molar-refractivity contribution < 1.29 is 26.7 Å². The van der Waals surface area contributed by atoms with Crippen molar-refractivity contribution in [3.63, 3.8) is 0 Å². The number of carbonyl (C=O) groups excluding carboxylic acids is 1. The number of imidazole rings is 1. The number of anilines is 1. The Balaban J connectivity index is 1.71. The second kappa shape index (κ2) is 10.3. The molecule has 1 amide bonds. The normalized spacial score (nSPS) is 11.6. The van der Waals surface area contributed by atoms with Gasteiger partial charge in [-0.3, -0.25) is 14.5 Å². The molecule has 2 N–H and O–H groups in total. The summed E-state index contributed by atoms with van der Waals surface area (Å²) in [7, 11) is -3.22. The smallest absolute Gasteiger partial charge is 0.272 e. The van der Waals surface area contributed by atoms with Crippen molar-refractivity contribution in [2.24, 2.45) is 5.92 Å². The number of amides is 1. The second-order valence-electron chi connectivity index (χ2n) is 8.31. The molecule has 1 aromatic carbocycles. The van der Waals surface area contributed by atoms with Crippen LogP contribution in [-0.4, -0.2) is 47.3 Å². The van der Waals surface area contributed by atoms with Gasteiger partial charge in [-0.15, -0.1) is 0 Å². The largest absolute Gasteiger partial charge is 0.480 e. The quantitative estimate of drug-likeness (QED) is 0.340. The van der Waals surface area contributed by atoms with E-state index in [0.29, 0.717) is 12.1 Å². The third kappa shape index (κ3) is 5.32. The van der Waals surface area contributed by atoms with Crippen molar-refractivity contribution in [1.29, 1.82) is 0 Å². The summed E-state index contributed by atoms with van der Waals surface area (Å²) in [6.07, 6.45) is 5.04. The van der Waals surface area contributed by atoms with Crippen molar-refractivity contribution in [1.82, 2.24) is 24.7 Å². The molecule has 0 saturated heterocycles. The van der Waals surface area contributed by atoms with Crippen LogP contribution in [0.5, 0.6) is 5.88 Å². The molecular weight excluding hydrogens is 530 g/mol. The van der Waals surface area contributed by atoms with Crippen LogP contribution in [0.3, 0.4) is 0 Å². The number of hydrogen-bond donors (Lipinski definition) is 2. The molecule has 0 atom stereocenters. The van der Waals surface area contributed by atoms with E-state index in [0.717, 1.165) is 18.2 Å². The Hall–Kier alpha value is -3.84. The lowest BCUT2D eigenvalue weighted by Gasteiger charge is -2.14. The fraction of sp³-hybridized carbons (Fsp3) is 0.217. The summed E-state index contributed by atoms with van der Waals surface area (Å²) in [5.74, 6) is -2.64. The number of hydrogen-bond acceptors (Lipinski definition) is 7. The van der Waals surface area contributed by atoms with Crippen molar-refractivity contribution >= 4 is 38.7 Å². The van der Waals surface area contributed by atoms with Gasteiger partial charge in [-0.1, -0.05) is 25.4 Å².